The van der Waals surface area contributed by atoms with Crippen molar-refractivity contribution in [2.45, 2.75) is 25.3 Å². The molecule has 0 atom stereocenters. The third kappa shape index (κ3) is 2.56. The SMILES string of the molecule is CN(Cc1noc(C2CC2)n1)C(=O)c1cc(Cl)cn1C. The van der Waals surface area contributed by atoms with Gasteiger partial charge in [0.15, 0.2) is 5.82 Å². The zero-order valence-electron chi connectivity index (χ0n) is 11.3. The number of amides is 1. The molecular weight excluding hydrogens is 280 g/mol. The van der Waals surface area contributed by atoms with Crippen molar-refractivity contribution in [3.63, 3.8) is 0 Å². The normalized spacial score (nSPS) is 14.6. The molecule has 0 bridgehead atoms. The Morgan fingerprint density at radius 1 is 1.60 bits per heavy atom. The van der Waals surface area contributed by atoms with Crippen LogP contribution in [-0.2, 0) is 13.6 Å². The third-order valence-corrected chi connectivity index (χ3v) is 3.53. The molecule has 1 fully saturated rings. The molecule has 2 heterocycles. The molecule has 0 unspecified atom stereocenters. The van der Waals surface area contributed by atoms with Crippen LogP contribution in [0.4, 0.5) is 0 Å². The monoisotopic (exact) mass is 294 g/mol. The summed E-state index contributed by atoms with van der Waals surface area (Å²) in [6.07, 6.45) is 3.92. The number of aryl methyl sites for hydroxylation is 1. The van der Waals surface area contributed by atoms with Crippen molar-refractivity contribution in [1.29, 1.82) is 0 Å². The Bertz CT molecular complexity index is 645. The number of hydrogen-bond donors (Lipinski definition) is 0. The van der Waals surface area contributed by atoms with E-state index in [-0.39, 0.29) is 5.91 Å². The fourth-order valence-electron chi connectivity index (χ4n) is 2.04. The number of rotatable bonds is 4. The molecule has 1 saturated carbocycles. The fourth-order valence-corrected chi connectivity index (χ4v) is 2.29. The maximum Gasteiger partial charge on any atom is 0.270 e. The molecule has 20 heavy (non-hydrogen) atoms. The van der Waals surface area contributed by atoms with Crippen LogP contribution in [0.2, 0.25) is 5.02 Å². The summed E-state index contributed by atoms with van der Waals surface area (Å²) in [5, 5.41) is 4.45. The first-order valence-corrected chi connectivity index (χ1v) is 6.82. The maximum atomic E-state index is 12.3. The van der Waals surface area contributed by atoms with Gasteiger partial charge in [-0.05, 0) is 18.9 Å². The van der Waals surface area contributed by atoms with E-state index in [4.69, 9.17) is 16.1 Å². The van der Waals surface area contributed by atoms with E-state index in [1.807, 2.05) is 0 Å². The average Bonchev–Trinajstić information content (AvgIpc) is 3.06. The maximum absolute atomic E-state index is 12.3. The highest BCUT2D eigenvalue weighted by Crippen LogP contribution is 2.38. The summed E-state index contributed by atoms with van der Waals surface area (Å²) >= 11 is 5.89. The number of nitrogens with zero attached hydrogens (tertiary/aromatic N) is 4. The van der Waals surface area contributed by atoms with E-state index in [2.05, 4.69) is 10.1 Å². The molecule has 1 amide bonds. The largest absolute Gasteiger partial charge is 0.345 e. The number of carbonyl (C=O) groups excluding carboxylic acids is 1. The van der Waals surface area contributed by atoms with Crippen molar-refractivity contribution in [2.75, 3.05) is 7.05 Å². The van der Waals surface area contributed by atoms with Crippen LogP contribution < -0.4 is 0 Å². The minimum absolute atomic E-state index is 0.128. The smallest absolute Gasteiger partial charge is 0.270 e. The van der Waals surface area contributed by atoms with E-state index < -0.39 is 0 Å². The third-order valence-electron chi connectivity index (χ3n) is 3.33. The van der Waals surface area contributed by atoms with E-state index in [0.29, 0.717) is 34.9 Å². The Labute approximate surface area is 121 Å². The van der Waals surface area contributed by atoms with Crippen LogP contribution in [0.5, 0.6) is 0 Å². The van der Waals surface area contributed by atoms with Gasteiger partial charge in [-0.1, -0.05) is 16.8 Å². The molecule has 0 aromatic carbocycles. The van der Waals surface area contributed by atoms with Crippen molar-refractivity contribution in [1.82, 2.24) is 19.6 Å². The standard InChI is InChI=1S/C13H15ClN4O2/c1-17-6-9(14)5-10(17)13(19)18(2)7-11-15-12(20-16-11)8-3-4-8/h5-6,8H,3-4,7H2,1-2H3. The van der Waals surface area contributed by atoms with Gasteiger partial charge in [-0.15, -0.1) is 0 Å². The topological polar surface area (TPSA) is 64.2 Å². The van der Waals surface area contributed by atoms with Gasteiger partial charge < -0.3 is 14.0 Å². The molecule has 1 aliphatic rings. The van der Waals surface area contributed by atoms with E-state index in [1.54, 1.807) is 35.8 Å². The summed E-state index contributed by atoms with van der Waals surface area (Å²) < 4.78 is 6.88. The van der Waals surface area contributed by atoms with Gasteiger partial charge in [0.25, 0.3) is 5.91 Å². The quantitative estimate of drug-likeness (QED) is 0.867. The predicted molar refractivity (Wildman–Crippen MR) is 72.5 cm³/mol. The molecule has 0 aliphatic heterocycles. The first-order valence-electron chi connectivity index (χ1n) is 6.44. The summed E-state index contributed by atoms with van der Waals surface area (Å²) in [5.74, 6) is 1.51. The minimum atomic E-state index is -0.128. The summed E-state index contributed by atoms with van der Waals surface area (Å²) in [7, 11) is 3.49. The van der Waals surface area contributed by atoms with Crippen LogP contribution in [0.3, 0.4) is 0 Å². The Morgan fingerprint density at radius 3 is 2.95 bits per heavy atom. The predicted octanol–water partition coefficient (Wildman–Crippen LogP) is 2.21. The molecule has 7 heteroatoms. The molecule has 6 nitrogen and oxygen atoms in total. The molecule has 0 N–H and O–H groups in total. The summed E-state index contributed by atoms with van der Waals surface area (Å²) in [4.78, 5) is 18.2. The van der Waals surface area contributed by atoms with Gasteiger partial charge in [0.05, 0.1) is 11.6 Å². The zero-order valence-corrected chi connectivity index (χ0v) is 12.1. The highest BCUT2D eigenvalue weighted by Gasteiger charge is 2.30. The van der Waals surface area contributed by atoms with Gasteiger partial charge in [-0.2, -0.15) is 4.98 Å². The molecule has 2 aromatic heterocycles. The average molecular weight is 295 g/mol. The first kappa shape index (κ1) is 13.2. The molecule has 0 saturated heterocycles. The lowest BCUT2D eigenvalue weighted by Gasteiger charge is -2.15. The highest BCUT2D eigenvalue weighted by atomic mass is 35.5. The molecule has 2 aromatic rings. The lowest BCUT2D eigenvalue weighted by Crippen LogP contribution is -2.28. The van der Waals surface area contributed by atoms with Gasteiger partial charge in [-0.25, -0.2) is 0 Å². The number of halogens is 1. The van der Waals surface area contributed by atoms with Gasteiger partial charge in [0, 0.05) is 26.2 Å². The minimum Gasteiger partial charge on any atom is -0.345 e. The molecule has 0 radical (unpaired) electrons. The Kier molecular flexibility index (Phi) is 3.25. The Hall–Kier alpha value is -1.82. The van der Waals surface area contributed by atoms with Crippen molar-refractivity contribution in [2.24, 2.45) is 7.05 Å². The van der Waals surface area contributed by atoms with Gasteiger partial charge >= 0.3 is 0 Å². The van der Waals surface area contributed by atoms with Crippen LogP contribution >= 0.6 is 11.6 Å². The first-order chi connectivity index (χ1) is 9.54. The second-order valence-corrected chi connectivity index (χ2v) is 5.58. The van der Waals surface area contributed by atoms with Crippen molar-refractivity contribution < 1.29 is 9.32 Å². The second kappa shape index (κ2) is 4.94. The second-order valence-electron chi connectivity index (χ2n) is 5.14. The molecule has 0 spiro atoms. The Morgan fingerprint density at radius 2 is 2.35 bits per heavy atom. The van der Waals surface area contributed by atoms with Gasteiger partial charge in [0.2, 0.25) is 5.89 Å². The van der Waals surface area contributed by atoms with Gasteiger partial charge in [0.1, 0.15) is 5.69 Å². The van der Waals surface area contributed by atoms with Gasteiger partial charge in [-0.3, -0.25) is 4.79 Å². The number of aromatic nitrogens is 3. The van der Waals surface area contributed by atoms with Crippen molar-refractivity contribution in [3.05, 3.63) is 34.7 Å². The lowest BCUT2D eigenvalue weighted by atomic mass is 10.3. The molecule has 106 valence electrons. The summed E-state index contributed by atoms with van der Waals surface area (Å²) in [5.41, 5.74) is 0.531. The fraction of sp³-hybridized carbons (Fsp3) is 0.462. The highest BCUT2D eigenvalue weighted by molar-refractivity contribution is 6.31. The van der Waals surface area contributed by atoms with Crippen LogP contribution in [0, 0.1) is 0 Å². The Balaban J connectivity index is 1.69. The van der Waals surface area contributed by atoms with Crippen LogP contribution in [0.25, 0.3) is 0 Å². The molecule has 3 rings (SSSR count). The summed E-state index contributed by atoms with van der Waals surface area (Å²) in [6, 6.07) is 1.65. The number of hydrogen-bond acceptors (Lipinski definition) is 4. The van der Waals surface area contributed by atoms with E-state index in [0.717, 1.165) is 12.8 Å². The molecule has 1 aliphatic carbocycles. The zero-order chi connectivity index (χ0) is 14.3. The van der Waals surface area contributed by atoms with E-state index in [1.165, 1.54) is 0 Å². The van der Waals surface area contributed by atoms with Crippen molar-refractivity contribution >= 4 is 17.5 Å². The van der Waals surface area contributed by atoms with Crippen LogP contribution in [0.1, 0.15) is 41.0 Å². The lowest BCUT2D eigenvalue weighted by molar-refractivity contribution is 0.0771. The van der Waals surface area contributed by atoms with Crippen molar-refractivity contribution in [3.8, 4) is 0 Å². The van der Waals surface area contributed by atoms with E-state index in [9.17, 15) is 4.79 Å². The van der Waals surface area contributed by atoms with E-state index >= 15 is 0 Å². The number of carbonyl (C=O) groups is 1. The van der Waals surface area contributed by atoms with Crippen LogP contribution in [0.15, 0.2) is 16.8 Å². The summed E-state index contributed by atoms with van der Waals surface area (Å²) in [6.45, 7) is 0.317. The van der Waals surface area contributed by atoms with Crippen LogP contribution in [-0.4, -0.2) is 32.6 Å². The molecular formula is C13H15ClN4O2.